The highest BCUT2D eigenvalue weighted by Gasteiger charge is 2.56. The van der Waals surface area contributed by atoms with Crippen molar-refractivity contribution in [2.24, 2.45) is 5.41 Å². The highest BCUT2D eigenvalue weighted by molar-refractivity contribution is 6.13. The number of hydrogen-bond acceptors (Lipinski definition) is 3. The van der Waals surface area contributed by atoms with Gasteiger partial charge in [0.05, 0.1) is 0 Å². The smallest absolute Gasteiger partial charge is 0.240 e. The van der Waals surface area contributed by atoms with Crippen molar-refractivity contribution in [3.8, 4) is 5.75 Å². The predicted octanol–water partition coefficient (Wildman–Crippen LogP) is 2.61. The Kier molecular flexibility index (Phi) is 4.70. The Hall–Kier alpha value is -2.89. The lowest BCUT2D eigenvalue weighted by molar-refractivity contribution is -0.134. The lowest BCUT2D eigenvalue weighted by Gasteiger charge is -2.15. The third-order valence-electron chi connectivity index (χ3n) is 4.37. The lowest BCUT2D eigenvalue weighted by atomic mass is 10.0. The molecule has 3 rings (SSSR count). The van der Waals surface area contributed by atoms with E-state index < -0.39 is 22.9 Å². The normalized spacial score (nSPS) is 14.6. The summed E-state index contributed by atoms with van der Waals surface area (Å²) >= 11 is 0. The van der Waals surface area contributed by atoms with Gasteiger partial charge in [0, 0.05) is 18.3 Å². The molecule has 2 aromatic rings. The lowest BCUT2D eigenvalue weighted by Crippen LogP contribution is -2.40. The second kappa shape index (κ2) is 6.93. The molecule has 0 bridgehead atoms. The van der Waals surface area contributed by atoms with Crippen molar-refractivity contribution in [2.45, 2.75) is 19.3 Å². The molecule has 1 aliphatic carbocycles. The third-order valence-corrected chi connectivity index (χ3v) is 4.37. The molecule has 0 heterocycles. The molecule has 130 valence electrons. The van der Waals surface area contributed by atoms with Gasteiger partial charge in [-0.1, -0.05) is 30.3 Å². The number of amides is 2. The average molecular weight is 342 g/mol. The summed E-state index contributed by atoms with van der Waals surface area (Å²) in [6, 6.07) is 13.3. The molecule has 2 aromatic carbocycles. The van der Waals surface area contributed by atoms with Gasteiger partial charge in [-0.3, -0.25) is 9.59 Å². The number of carbonyl (C=O) groups is 2. The quantitative estimate of drug-likeness (QED) is 0.558. The Morgan fingerprint density at radius 2 is 1.80 bits per heavy atom. The first kappa shape index (κ1) is 17.0. The molecular formula is C19H19FN2O3. The molecule has 1 aliphatic rings. The van der Waals surface area contributed by atoms with E-state index in [9.17, 15) is 19.1 Å². The number of anilines is 1. The van der Waals surface area contributed by atoms with Crippen molar-refractivity contribution in [3.05, 3.63) is 59.9 Å². The van der Waals surface area contributed by atoms with Gasteiger partial charge >= 0.3 is 0 Å². The SMILES string of the molecule is O=C(NCCc1ccccc1)C1(C(=O)Nc2ccc(O)c(F)c2)CC1. The molecular weight excluding hydrogens is 323 g/mol. The van der Waals surface area contributed by atoms with E-state index in [1.54, 1.807) is 0 Å². The Balaban J connectivity index is 1.56. The summed E-state index contributed by atoms with van der Waals surface area (Å²) in [6.45, 7) is 0.450. The summed E-state index contributed by atoms with van der Waals surface area (Å²) in [6.07, 6.45) is 1.63. The van der Waals surface area contributed by atoms with Crippen molar-refractivity contribution in [1.82, 2.24) is 5.32 Å². The van der Waals surface area contributed by atoms with E-state index in [-0.39, 0.29) is 11.6 Å². The molecule has 0 radical (unpaired) electrons. The van der Waals surface area contributed by atoms with Crippen LogP contribution in [0.15, 0.2) is 48.5 Å². The highest BCUT2D eigenvalue weighted by atomic mass is 19.1. The van der Waals surface area contributed by atoms with Gasteiger partial charge in [-0.25, -0.2) is 4.39 Å². The van der Waals surface area contributed by atoms with Crippen LogP contribution in [0.1, 0.15) is 18.4 Å². The number of benzene rings is 2. The molecule has 2 amide bonds. The minimum absolute atomic E-state index is 0.212. The second-order valence-electron chi connectivity index (χ2n) is 6.19. The summed E-state index contributed by atoms with van der Waals surface area (Å²) < 4.78 is 13.3. The molecule has 1 saturated carbocycles. The molecule has 0 aromatic heterocycles. The van der Waals surface area contributed by atoms with Crippen LogP contribution in [0, 0.1) is 11.2 Å². The molecule has 0 unspecified atom stereocenters. The molecule has 3 N–H and O–H groups in total. The Morgan fingerprint density at radius 1 is 1.08 bits per heavy atom. The van der Waals surface area contributed by atoms with Gasteiger partial charge in [0.15, 0.2) is 11.6 Å². The Labute approximate surface area is 144 Å². The van der Waals surface area contributed by atoms with Crippen LogP contribution in [0.4, 0.5) is 10.1 Å². The molecule has 0 spiro atoms. The first-order valence-electron chi connectivity index (χ1n) is 8.13. The second-order valence-corrected chi connectivity index (χ2v) is 6.19. The number of aromatic hydroxyl groups is 1. The Bertz CT molecular complexity index is 789. The molecule has 25 heavy (non-hydrogen) atoms. The van der Waals surface area contributed by atoms with Gasteiger partial charge in [-0.05, 0) is 37.0 Å². The van der Waals surface area contributed by atoms with Crippen molar-refractivity contribution in [2.75, 3.05) is 11.9 Å². The van der Waals surface area contributed by atoms with Crippen LogP contribution >= 0.6 is 0 Å². The number of phenols is 1. The topological polar surface area (TPSA) is 78.4 Å². The van der Waals surface area contributed by atoms with Gasteiger partial charge < -0.3 is 15.7 Å². The summed E-state index contributed by atoms with van der Waals surface area (Å²) in [5, 5.41) is 14.5. The van der Waals surface area contributed by atoms with E-state index in [0.717, 1.165) is 17.7 Å². The van der Waals surface area contributed by atoms with E-state index >= 15 is 0 Å². The van der Waals surface area contributed by atoms with E-state index in [1.165, 1.54) is 6.07 Å². The summed E-state index contributed by atoms with van der Waals surface area (Å²) in [5.74, 6) is -2.07. The first-order chi connectivity index (χ1) is 12.0. The van der Waals surface area contributed by atoms with E-state index in [0.29, 0.717) is 25.8 Å². The fourth-order valence-electron chi connectivity index (χ4n) is 2.65. The average Bonchev–Trinajstić information content (AvgIpc) is 3.41. The van der Waals surface area contributed by atoms with Gasteiger partial charge in [-0.2, -0.15) is 0 Å². The summed E-state index contributed by atoms with van der Waals surface area (Å²) in [4.78, 5) is 24.8. The molecule has 6 heteroatoms. The monoisotopic (exact) mass is 342 g/mol. The number of halogens is 1. The maximum absolute atomic E-state index is 13.3. The molecule has 0 aliphatic heterocycles. The minimum atomic E-state index is -1.08. The third kappa shape index (κ3) is 3.79. The van der Waals surface area contributed by atoms with Crippen molar-refractivity contribution < 1.29 is 19.1 Å². The number of carbonyl (C=O) groups excluding carboxylic acids is 2. The maximum atomic E-state index is 13.3. The highest BCUT2D eigenvalue weighted by Crippen LogP contribution is 2.46. The van der Waals surface area contributed by atoms with Crippen molar-refractivity contribution in [1.29, 1.82) is 0 Å². The van der Waals surface area contributed by atoms with Crippen molar-refractivity contribution in [3.63, 3.8) is 0 Å². The standard InChI is InChI=1S/C19H19FN2O3/c20-15-12-14(6-7-16(15)23)22-18(25)19(9-10-19)17(24)21-11-8-13-4-2-1-3-5-13/h1-7,12,23H,8-11H2,(H,21,24)(H,22,25). The first-order valence-corrected chi connectivity index (χ1v) is 8.13. The van der Waals surface area contributed by atoms with Crippen LogP contribution in [0.5, 0.6) is 5.75 Å². The zero-order chi connectivity index (χ0) is 17.9. The molecule has 1 fully saturated rings. The van der Waals surface area contributed by atoms with Gasteiger partial charge in [0.1, 0.15) is 5.41 Å². The number of nitrogens with one attached hydrogen (secondary N) is 2. The van der Waals surface area contributed by atoms with Gasteiger partial charge in [-0.15, -0.1) is 0 Å². The van der Waals surface area contributed by atoms with Crippen LogP contribution in [-0.2, 0) is 16.0 Å². The predicted molar refractivity (Wildman–Crippen MR) is 91.5 cm³/mol. The fraction of sp³-hybridized carbons (Fsp3) is 0.263. The van der Waals surface area contributed by atoms with Crippen LogP contribution in [0.25, 0.3) is 0 Å². The number of rotatable bonds is 6. The van der Waals surface area contributed by atoms with E-state index in [4.69, 9.17) is 0 Å². The molecule has 5 nitrogen and oxygen atoms in total. The van der Waals surface area contributed by atoms with E-state index in [2.05, 4.69) is 10.6 Å². The van der Waals surface area contributed by atoms with Gasteiger partial charge in [0.2, 0.25) is 11.8 Å². The zero-order valence-electron chi connectivity index (χ0n) is 13.6. The van der Waals surface area contributed by atoms with Crippen LogP contribution in [0.2, 0.25) is 0 Å². The fourth-order valence-corrected chi connectivity index (χ4v) is 2.65. The summed E-state index contributed by atoms with van der Waals surface area (Å²) in [5.41, 5.74) is 0.241. The van der Waals surface area contributed by atoms with E-state index in [1.807, 2.05) is 30.3 Å². The van der Waals surface area contributed by atoms with Crippen LogP contribution in [0.3, 0.4) is 0 Å². The Morgan fingerprint density at radius 3 is 2.44 bits per heavy atom. The maximum Gasteiger partial charge on any atom is 0.240 e. The van der Waals surface area contributed by atoms with Crippen molar-refractivity contribution >= 4 is 17.5 Å². The number of phenolic OH excluding ortho intramolecular Hbond substituents is 1. The van der Waals surface area contributed by atoms with Gasteiger partial charge in [0.25, 0.3) is 0 Å². The zero-order valence-corrected chi connectivity index (χ0v) is 13.6. The van der Waals surface area contributed by atoms with Crippen LogP contribution < -0.4 is 10.6 Å². The largest absolute Gasteiger partial charge is 0.505 e. The minimum Gasteiger partial charge on any atom is -0.505 e. The molecule has 0 atom stereocenters. The summed E-state index contributed by atoms with van der Waals surface area (Å²) in [7, 11) is 0. The number of hydrogen-bond donors (Lipinski definition) is 3. The molecule has 0 saturated heterocycles. The van der Waals surface area contributed by atoms with Crippen LogP contribution in [-0.4, -0.2) is 23.5 Å².